The van der Waals surface area contributed by atoms with Gasteiger partial charge in [-0.1, -0.05) is 23.8 Å². The molecule has 1 N–H and O–H groups in total. The van der Waals surface area contributed by atoms with Crippen LogP contribution in [0.3, 0.4) is 0 Å². The lowest BCUT2D eigenvalue weighted by Gasteiger charge is -2.33. The van der Waals surface area contributed by atoms with E-state index in [1.807, 2.05) is 19.1 Å². The number of amides is 1. The quantitative estimate of drug-likeness (QED) is 0.417. The molecule has 1 unspecified atom stereocenters. The fourth-order valence-electron chi connectivity index (χ4n) is 4.32. The molecule has 1 fully saturated rings. The number of hydrogen-bond donors (Lipinski definition) is 1. The molecule has 1 amide bonds. The lowest BCUT2D eigenvalue weighted by Crippen LogP contribution is -2.49. The molecule has 4 aromatic rings. The van der Waals surface area contributed by atoms with Crippen LogP contribution in [0.1, 0.15) is 25.0 Å². The zero-order valence-electron chi connectivity index (χ0n) is 18.6. The van der Waals surface area contributed by atoms with Crippen molar-refractivity contribution in [1.29, 1.82) is 0 Å². The first-order chi connectivity index (χ1) is 16.9. The van der Waals surface area contributed by atoms with Crippen molar-refractivity contribution in [2.75, 3.05) is 18.7 Å². The van der Waals surface area contributed by atoms with Gasteiger partial charge in [-0.05, 0) is 31.2 Å². The number of carbonyl (C=O) groups is 1. The molecule has 0 spiro atoms. The van der Waals surface area contributed by atoms with Crippen LogP contribution < -0.4 is 14.8 Å². The lowest BCUT2D eigenvalue weighted by molar-refractivity contribution is -0.120. The Morgan fingerprint density at radius 1 is 1.20 bits per heavy atom. The molecule has 6 rings (SSSR count). The minimum Gasteiger partial charge on any atom is -0.454 e. The van der Waals surface area contributed by atoms with E-state index in [1.165, 1.54) is 15.6 Å². The zero-order chi connectivity index (χ0) is 24.2. The fourth-order valence-corrected chi connectivity index (χ4v) is 8.04. The van der Waals surface area contributed by atoms with Gasteiger partial charge in [-0.2, -0.15) is 14.1 Å². The molecule has 3 aromatic heterocycles. The number of benzene rings is 1. The molecule has 35 heavy (non-hydrogen) atoms. The van der Waals surface area contributed by atoms with Crippen molar-refractivity contribution in [1.82, 2.24) is 19.1 Å². The van der Waals surface area contributed by atoms with Crippen LogP contribution in [-0.2, 0) is 14.8 Å². The third kappa shape index (κ3) is 3.97. The van der Waals surface area contributed by atoms with E-state index < -0.39 is 16.1 Å². The first kappa shape index (κ1) is 22.5. The molecular weight excluding hydrogens is 510 g/mol. The topological polar surface area (TPSA) is 116 Å². The molecule has 13 heteroatoms. The van der Waals surface area contributed by atoms with E-state index in [1.54, 1.807) is 28.3 Å². The van der Waals surface area contributed by atoms with Crippen LogP contribution in [-0.4, -0.2) is 52.8 Å². The Morgan fingerprint density at radius 3 is 2.83 bits per heavy atom. The van der Waals surface area contributed by atoms with E-state index in [9.17, 15) is 13.2 Å². The summed E-state index contributed by atoms with van der Waals surface area (Å²) in [6, 6.07) is 7.91. The smallest absolute Gasteiger partial charge is 0.253 e. The first-order valence-corrected chi connectivity index (χ1v) is 14.2. The second kappa shape index (κ2) is 8.59. The van der Waals surface area contributed by atoms with Crippen LogP contribution in [0, 0.1) is 6.92 Å². The predicted octanol–water partition coefficient (Wildman–Crippen LogP) is 3.76. The summed E-state index contributed by atoms with van der Waals surface area (Å²) in [5, 5.41) is 9.72. The summed E-state index contributed by atoms with van der Waals surface area (Å²) in [4.78, 5) is 18.1. The predicted molar refractivity (Wildman–Crippen MR) is 132 cm³/mol. The number of aromatic nitrogens is 3. The maximum Gasteiger partial charge on any atom is 0.253 e. The second-order valence-electron chi connectivity index (χ2n) is 8.30. The second-order valence-corrected chi connectivity index (χ2v) is 12.4. The molecule has 1 aromatic carbocycles. The molecule has 1 saturated heterocycles. The molecule has 0 aliphatic carbocycles. The highest BCUT2D eigenvalue weighted by Crippen LogP contribution is 2.39. The SMILES string of the molecule is Cc1cc(NC(=O)C2CCCCN2S(=O)(=O)c2cccs2)n(-c2nc3cc4c(cc3s2)OCO4)n1. The number of aryl methyl sites for hydroxylation is 1. The number of nitrogens with one attached hydrogen (secondary N) is 1. The molecule has 2 aliphatic rings. The summed E-state index contributed by atoms with van der Waals surface area (Å²) < 4.78 is 41.3. The minimum atomic E-state index is -3.75. The molecule has 182 valence electrons. The van der Waals surface area contributed by atoms with E-state index in [2.05, 4.69) is 15.4 Å². The van der Waals surface area contributed by atoms with Gasteiger partial charge in [0.1, 0.15) is 16.1 Å². The Kier molecular flexibility index (Phi) is 5.51. The monoisotopic (exact) mass is 531 g/mol. The minimum absolute atomic E-state index is 0.189. The van der Waals surface area contributed by atoms with Crippen LogP contribution >= 0.6 is 22.7 Å². The maximum atomic E-state index is 13.4. The Bertz CT molecular complexity index is 1490. The number of anilines is 1. The molecule has 1 atom stereocenters. The number of hydrogen-bond acceptors (Lipinski definition) is 9. The van der Waals surface area contributed by atoms with E-state index in [-0.39, 0.29) is 16.9 Å². The highest BCUT2D eigenvalue weighted by atomic mass is 32.2. The van der Waals surface area contributed by atoms with Crippen molar-refractivity contribution in [3.63, 3.8) is 0 Å². The Labute approximate surface area is 209 Å². The van der Waals surface area contributed by atoms with E-state index >= 15 is 0 Å². The van der Waals surface area contributed by atoms with Gasteiger partial charge >= 0.3 is 0 Å². The highest BCUT2D eigenvalue weighted by molar-refractivity contribution is 7.91. The highest BCUT2D eigenvalue weighted by Gasteiger charge is 2.38. The van der Waals surface area contributed by atoms with Gasteiger partial charge in [0, 0.05) is 24.7 Å². The zero-order valence-corrected chi connectivity index (χ0v) is 21.1. The van der Waals surface area contributed by atoms with Gasteiger partial charge in [0.15, 0.2) is 11.5 Å². The fraction of sp³-hybridized carbons (Fsp3) is 0.318. The number of thiazole rings is 1. The van der Waals surface area contributed by atoms with Crippen molar-refractivity contribution in [2.45, 2.75) is 36.4 Å². The molecule has 0 radical (unpaired) electrons. The van der Waals surface area contributed by atoms with Gasteiger partial charge in [0.25, 0.3) is 10.0 Å². The number of ether oxygens (including phenoxy) is 2. The van der Waals surface area contributed by atoms with Crippen molar-refractivity contribution < 1.29 is 22.7 Å². The summed E-state index contributed by atoms with van der Waals surface area (Å²) in [6.45, 7) is 2.32. The number of nitrogens with zero attached hydrogens (tertiary/aromatic N) is 4. The maximum absolute atomic E-state index is 13.4. The van der Waals surface area contributed by atoms with E-state index in [4.69, 9.17) is 9.47 Å². The standard InChI is InChI=1S/C22H21N5O5S3/c1-13-9-19(27(25-13)22-23-14-10-16-17(32-12-31-16)11-18(14)34-22)24-21(28)15-5-2-3-7-26(15)35(29,30)20-6-4-8-33-20/h4,6,8-11,15H,2-3,5,7,12H2,1H3,(H,24,28). The average molecular weight is 532 g/mol. The summed E-state index contributed by atoms with van der Waals surface area (Å²) in [5.74, 6) is 1.37. The van der Waals surface area contributed by atoms with Crippen molar-refractivity contribution in [3.05, 3.63) is 41.4 Å². The Hall–Kier alpha value is -3.00. The van der Waals surface area contributed by atoms with Crippen molar-refractivity contribution >= 4 is 54.6 Å². The van der Waals surface area contributed by atoms with Crippen LogP contribution in [0.25, 0.3) is 15.3 Å². The van der Waals surface area contributed by atoms with E-state index in [0.29, 0.717) is 47.5 Å². The van der Waals surface area contributed by atoms with Crippen LogP contribution in [0.15, 0.2) is 39.9 Å². The van der Waals surface area contributed by atoms with Crippen molar-refractivity contribution in [2.24, 2.45) is 0 Å². The average Bonchev–Trinajstić information content (AvgIpc) is 3.63. The normalized spacial score (nSPS) is 18.3. The third-order valence-corrected chi connectivity index (χ3v) is 10.2. The number of fused-ring (bicyclic) bond motifs is 2. The van der Waals surface area contributed by atoms with E-state index in [0.717, 1.165) is 28.0 Å². The largest absolute Gasteiger partial charge is 0.454 e. The molecule has 10 nitrogen and oxygen atoms in total. The first-order valence-electron chi connectivity index (χ1n) is 11.0. The Balaban J connectivity index is 1.30. The molecule has 0 bridgehead atoms. The summed E-state index contributed by atoms with van der Waals surface area (Å²) in [5.41, 5.74) is 1.43. The van der Waals surface area contributed by atoms with Gasteiger partial charge in [0.05, 0.1) is 15.9 Å². The van der Waals surface area contributed by atoms with Crippen molar-refractivity contribution in [3.8, 4) is 16.6 Å². The summed E-state index contributed by atoms with van der Waals surface area (Å²) in [7, 11) is -3.75. The van der Waals surface area contributed by atoms with Crippen LogP contribution in [0.4, 0.5) is 5.82 Å². The molecule has 0 saturated carbocycles. The van der Waals surface area contributed by atoms with Crippen LogP contribution in [0.5, 0.6) is 11.5 Å². The van der Waals surface area contributed by atoms with Gasteiger partial charge in [-0.25, -0.2) is 13.4 Å². The lowest BCUT2D eigenvalue weighted by atomic mass is 10.0. The summed E-state index contributed by atoms with van der Waals surface area (Å²) in [6.07, 6.45) is 1.95. The molecular formula is C22H21N5O5S3. The Morgan fingerprint density at radius 2 is 2.03 bits per heavy atom. The van der Waals surface area contributed by atoms with Gasteiger partial charge in [-0.15, -0.1) is 11.3 Å². The number of piperidine rings is 1. The number of carbonyl (C=O) groups excluding carboxylic acids is 1. The number of thiophene rings is 1. The van der Waals surface area contributed by atoms with Gasteiger partial charge in [-0.3, -0.25) is 4.79 Å². The molecule has 2 aliphatic heterocycles. The van der Waals surface area contributed by atoms with Gasteiger partial charge < -0.3 is 14.8 Å². The molecule has 5 heterocycles. The van der Waals surface area contributed by atoms with Gasteiger partial charge in [0.2, 0.25) is 17.8 Å². The summed E-state index contributed by atoms with van der Waals surface area (Å²) >= 11 is 2.56. The number of sulfonamides is 1. The third-order valence-electron chi connectivity index (χ3n) is 5.95. The number of rotatable bonds is 5. The van der Waals surface area contributed by atoms with Crippen LogP contribution in [0.2, 0.25) is 0 Å².